The summed E-state index contributed by atoms with van der Waals surface area (Å²) in [6, 6.07) is 16.7. The Hall–Kier alpha value is -2.40. The van der Waals surface area contributed by atoms with E-state index in [1.165, 1.54) is 7.11 Å². The van der Waals surface area contributed by atoms with Crippen LogP contribution in [0.25, 0.3) is 10.4 Å². The van der Waals surface area contributed by atoms with E-state index in [2.05, 4.69) is 5.09 Å². The monoisotopic (exact) mass is 401 g/mol. The summed E-state index contributed by atoms with van der Waals surface area (Å²) in [6.07, 6.45) is 0. The fourth-order valence-corrected chi connectivity index (χ4v) is 5.29. The molecule has 0 bridgehead atoms. The maximum atomic E-state index is 13.3. The second-order valence-electron chi connectivity index (χ2n) is 6.21. The summed E-state index contributed by atoms with van der Waals surface area (Å²) in [5, 5.41) is 12.9. The first kappa shape index (κ1) is 19.4. The third-order valence-corrected chi connectivity index (χ3v) is 7.31. The van der Waals surface area contributed by atoms with Crippen molar-refractivity contribution in [2.75, 3.05) is 12.2 Å². The van der Waals surface area contributed by atoms with Gasteiger partial charge in [0.15, 0.2) is 0 Å². The smallest absolute Gasteiger partial charge is 0.348 e. The lowest BCUT2D eigenvalue weighted by Gasteiger charge is -2.19. The molecule has 2 N–H and O–H groups in total. The number of benzene rings is 2. The number of rotatable bonds is 6. The Morgan fingerprint density at radius 1 is 1.07 bits per heavy atom. The van der Waals surface area contributed by atoms with Gasteiger partial charge in [-0.25, -0.2) is 4.79 Å². The van der Waals surface area contributed by atoms with Crippen LogP contribution in [0.1, 0.15) is 20.8 Å². The van der Waals surface area contributed by atoms with Crippen molar-refractivity contribution < 1.29 is 19.0 Å². The third kappa shape index (κ3) is 4.14. The van der Waals surface area contributed by atoms with Crippen LogP contribution >= 0.6 is 18.9 Å². The molecule has 0 saturated carbocycles. The van der Waals surface area contributed by atoms with Gasteiger partial charge < -0.3 is 14.7 Å². The summed E-state index contributed by atoms with van der Waals surface area (Å²) in [4.78, 5) is 12.6. The number of aryl methyl sites for hydroxylation is 2. The van der Waals surface area contributed by atoms with Gasteiger partial charge >= 0.3 is 13.5 Å². The average molecular weight is 401 g/mol. The molecule has 3 rings (SSSR count). The quantitative estimate of drug-likeness (QED) is 0.548. The fraction of sp³-hybridized carbons (Fsp3) is 0.150. The Labute approximate surface area is 162 Å². The van der Waals surface area contributed by atoms with E-state index in [-0.39, 0.29) is 10.6 Å². The molecule has 1 aromatic heterocycles. The molecule has 0 aliphatic heterocycles. The number of nitrogens with one attached hydrogen (secondary N) is 1. The fourth-order valence-electron chi connectivity index (χ4n) is 2.68. The topological polar surface area (TPSA) is 75.6 Å². The van der Waals surface area contributed by atoms with Crippen LogP contribution in [0.2, 0.25) is 0 Å². The standard InChI is InChI=1S/C20H20NO4PS/c1-13-7-9-15(10-8-13)18-12-17(19(27-18)20(22)23)21-26(24,25-3)16-6-4-5-14(2)11-16/h4-12H,1-3H3,(H,21,24)(H,22,23). The number of carboxylic acid groups (broad SMARTS) is 1. The molecule has 3 aromatic rings. The zero-order valence-corrected chi connectivity index (χ0v) is 16.9. The zero-order valence-electron chi connectivity index (χ0n) is 15.2. The summed E-state index contributed by atoms with van der Waals surface area (Å²) < 4.78 is 18.7. The van der Waals surface area contributed by atoms with Crippen LogP contribution in [0, 0.1) is 13.8 Å². The number of hydrogen-bond donors (Lipinski definition) is 2. The molecule has 1 heterocycles. The van der Waals surface area contributed by atoms with Crippen LogP contribution in [0.15, 0.2) is 54.6 Å². The molecule has 0 radical (unpaired) electrons. The van der Waals surface area contributed by atoms with E-state index in [4.69, 9.17) is 4.52 Å². The molecule has 0 aliphatic carbocycles. The number of carboxylic acids is 1. The van der Waals surface area contributed by atoms with Crippen molar-refractivity contribution in [1.29, 1.82) is 0 Å². The van der Waals surface area contributed by atoms with Gasteiger partial charge in [0.1, 0.15) is 4.88 Å². The lowest BCUT2D eigenvalue weighted by molar-refractivity contribution is 0.0703. The molecule has 0 fully saturated rings. The molecule has 140 valence electrons. The summed E-state index contributed by atoms with van der Waals surface area (Å²) >= 11 is 1.14. The van der Waals surface area contributed by atoms with E-state index in [0.29, 0.717) is 5.30 Å². The minimum absolute atomic E-state index is 0.0931. The highest BCUT2D eigenvalue weighted by molar-refractivity contribution is 7.68. The Bertz CT molecular complexity index is 1030. The highest BCUT2D eigenvalue weighted by Gasteiger charge is 2.28. The molecule has 1 unspecified atom stereocenters. The van der Waals surface area contributed by atoms with E-state index in [1.807, 2.05) is 44.2 Å². The van der Waals surface area contributed by atoms with E-state index in [1.54, 1.807) is 24.3 Å². The van der Waals surface area contributed by atoms with Gasteiger partial charge in [-0.05, 0) is 37.6 Å². The number of thiophene rings is 1. The second-order valence-corrected chi connectivity index (χ2v) is 9.47. The SMILES string of the molecule is COP(=O)(Nc1cc(-c2ccc(C)cc2)sc1C(=O)O)c1cccc(C)c1. The number of carbonyl (C=O) groups is 1. The molecule has 0 saturated heterocycles. The molecule has 0 spiro atoms. The molecule has 2 aromatic carbocycles. The predicted octanol–water partition coefficient (Wildman–Crippen LogP) is 5.31. The van der Waals surface area contributed by atoms with Crippen LogP contribution < -0.4 is 10.4 Å². The van der Waals surface area contributed by atoms with Gasteiger partial charge in [-0.2, -0.15) is 0 Å². The van der Waals surface area contributed by atoms with Gasteiger partial charge in [0.2, 0.25) is 0 Å². The lowest BCUT2D eigenvalue weighted by atomic mass is 10.1. The molecule has 27 heavy (non-hydrogen) atoms. The Morgan fingerprint density at radius 2 is 1.78 bits per heavy atom. The first-order valence-electron chi connectivity index (χ1n) is 8.28. The first-order valence-corrected chi connectivity index (χ1v) is 10.7. The highest BCUT2D eigenvalue weighted by Crippen LogP contribution is 2.48. The van der Waals surface area contributed by atoms with E-state index >= 15 is 0 Å². The van der Waals surface area contributed by atoms with Crippen molar-refractivity contribution in [3.63, 3.8) is 0 Å². The van der Waals surface area contributed by atoms with Gasteiger partial charge in [-0.15, -0.1) is 11.3 Å². The average Bonchev–Trinajstić information content (AvgIpc) is 3.06. The normalized spacial score (nSPS) is 13.1. The Balaban J connectivity index is 2.03. The van der Waals surface area contributed by atoms with E-state index in [0.717, 1.165) is 32.9 Å². The van der Waals surface area contributed by atoms with E-state index < -0.39 is 13.5 Å². The van der Waals surface area contributed by atoms with Crippen LogP contribution in [0.5, 0.6) is 0 Å². The van der Waals surface area contributed by atoms with Crippen LogP contribution in [0.3, 0.4) is 0 Å². The van der Waals surface area contributed by atoms with Gasteiger partial charge in [0.05, 0.1) is 11.0 Å². The zero-order chi connectivity index (χ0) is 19.6. The molecule has 0 amide bonds. The van der Waals surface area contributed by atoms with Crippen LogP contribution in [-0.4, -0.2) is 18.2 Å². The maximum absolute atomic E-state index is 13.3. The molecular formula is C20H20NO4PS. The number of anilines is 1. The Morgan fingerprint density at radius 3 is 2.37 bits per heavy atom. The van der Waals surface area contributed by atoms with Crippen molar-refractivity contribution in [2.24, 2.45) is 0 Å². The van der Waals surface area contributed by atoms with Gasteiger partial charge in [-0.1, -0.05) is 47.5 Å². The van der Waals surface area contributed by atoms with Crippen molar-refractivity contribution in [3.05, 3.63) is 70.6 Å². The van der Waals surface area contributed by atoms with E-state index in [9.17, 15) is 14.5 Å². The number of hydrogen-bond acceptors (Lipinski definition) is 4. The third-order valence-electron chi connectivity index (χ3n) is 4.13. The molecule has 5 nitrogen and oxygen atoms in total. The van der Waals surface area contributed by atoms with Crippen LogP contribution in [0.4, 0.5) is 5.69 Å². The summed E-state index contributed by atoms with van der Waals surface area (Å²) in [7, 11) is -2.11. The van der Waals surface area contributed by atoms with Crippen molar-refractivity contribution in [3.8, 4) is 10.4 Å². The highest BCUT2D eigenvalue weighted by atomic mass is 32.1. The number of aromatic carboxylic acids is 1. The van der Waals surface area contributed by atoms with Crippen molar-refractivity contribution in [1.82, 2.24) is 0 Å². The molecule has 7 heteroatoms. The predicted molar refractivity (Wildman–Crippen MR) is 111 cm³/mol. The van der Waals surface area contributed by atoms with Gasteiger partial charge in [0.25, 0.3) is 0 Å². The largest absolute Gasteiger partial charge is 0.477 e. The molecule has 1 atom stereocenters. The Kier molecular flexibility index (Phi) is 5.51. The first-order chi connectivity index (χ1) is 12.8. The summed E-state index contributed by atoms with van der Waals surface area (Å²) in [6.45, 7) is 3.89. The van der Waals surface area contributed by atoms with Gasteiger partial charge in [-0.3, -0.25) is 4.57 Å². The minimum Gasteiger partial charge on any atom is -0.477 e. The van der Waals surface area contributed by atoms with Crippen LogP contribution in [-0.2, 0) is 9.09 Å². The van der Waals surface area contributed by atoms with Gasteiger partial charge in [0, 0.05) is 12.0 Å². The maximum Gasteiger partial charge on any atom is 0.348 e. The van der Waals surface area contributed by atoms with Crippen molar-refractivity contribution in [2.45, 2.75) is 13.8 Å². The molecular weight excluding hydrogens is 381 g/mol. The minimum atomic E-state index is -3.46. The van der Waals surface area contributed by atoms with Crippen molar-refractivity contribution >= 4 is 35.8 Å². The molecule has 0 aliphatic rings. The summed E-state index contributed by atoms with van der Waals surface area (Å²) in [5.41, 5.74) is 3.25. The lowest BCUT2D eigenvalue weighted by Crippen LogP contribution is -2.14. The summed E-state index contributed by atoms with van der Waals surface area (Å²) in [5.74, 6) is -1.08. The second kappa shape index (κ2) is 7.69.